The fourth-order valence-corrected chi connectivity index (χ4v) is 1.65. The van der Waals surface area contributed by atoms with Gasteiger partial charge in [-0.05, 0) is 24.3 Å². The van der Waals surface area contributed by atoms with E-state index in [1.165, 1.54) is 18.3 Å². The molecule has 0 radical (unpaired) electrons. The lowest BCUT2D eigenvalue weighted by atomic mass is 10.2. The van der Waals surface area contributed by atoms with Crippen molar-refractivity contribution in [1.82, 2.24) is 4.98 Å². The summed E-state index contributed by atoms with van der Waals surface area (Å²) in [7, 11) is 0. The molecule has 1 heterocycles. The first-order valence-electron chi connectivity index (χ1n) is 5.58. The number of hydrogen-bond donors (Lipinski definition) is 1. The third-order valence-electron chi connectivity index (χ3n) is 2.49. The molecule has 110 valence electrons. The van der Waals surface area contributed by atoms with E-state index in [4.69, 9.17) is 22.7 Å². The van der Waals surface area contributed by atoms with Gasteiger partial charge in [-0.25, -0.2) is 9.37 Å². The van der Waals surface area contributed by atoms with Gasteiger partial charge in [0.1, 0.15) is 16.6 Å². The van der Waals surface area contributed by atoms with Crippen LogP contribution in [0.15, 0.2) is 36.5 Å². The molecule has 0 amide bonds. The molecule has 1 aromatic carbocycles. The summed E-state index contributed by atoms with van der Waals surface area (Å²) < 4.78 is 56.1. The van der Waals surface area contributed by atoms with Crippen molar-refractivity contribution in [2.24, 2.45) is 5.73 Å². The van der Waals surface area contributed by atoms with E-state index in [2.05, 4.69) is 4.98 Å². The molecule has 8 heteroatoms. The van der Waals surface area contributed by atoms with Gasteiger partial charge in [-0.2, -0.15) is 13.2 Å². The van der Waals surface area contributed by atoms with Gasteiger partial charge in [-0.3, -0.25) is 0 Å². The second-order valence-corrected chi connectivity index (χ2v) is 4.43. The van der Waals surface area contributed by atoms with Crippen molar-refractivity contribution < 1.29 is 22.3 Å². The van der Waals surface area contributed by atoms with Crippen molar-refractivity contribution in [2.75, 3.05) is 0 Å². The van der Waals surface area contributed by atoms with Gasteiger partial charge < -0.3 is 10.5 Å². The SMILES string of the molecule is NC(=S)c1ccnc(Oc2ccc(F)c(C(F)(F)F)c2)c1. The van der Waals surface area contributed by atoms with E-state index in [1.54, 1.807) is 0 Å². The summed E-state index contributed by atoms with van der Waals surface area (Å²) in [6, 6.07) is 5.21. The molecule has 2 aromatic rings. The fraction of sp³-hybridized carbons (Fsp3) is 0.0769. The Morgan fingerprint density at radius 1 is 1.19 bits per heavy atom. The van der Waals surface area contributed by atoms with E-state index >= 15 is 0 Å². The minimum atomic E-state index is -4.81. The molecule has 1 aromatic heterocycles. The van der Waals surface area contributed by atoms with E-state index in [0.29, 0.717) is 17.7 Å². The van der Waals surface area contributed by atoms with Crippen LogP contribution in [0.3, 0.4) is 0 Å². The summed E-state index contributed by atoms with van der Waals surface area (Å²) in [6.07, 6.45) is -3.46. The summed E-state index contributed by atoms with van der Waals surface area (Å²) in [5.41, 5.74) is 4.47. The number of nitrogens with two attached hydrogens (primary N) is 1. The van der Waals surface area contributed by atoms with E-state index in [1.807, 2.05) is 0 Å². The minimum Gasteiger partial charge on any atom is -0.439 e. The van der Waals surface area contributed by atoms with E-state index in [9.17, 15) is 17.6 Å². The van der Waals surface area contributed by atoms with Gasteiger partial charge in [0.25, 0.3) is 0 Å². The van der Waals surface area contributed by atoms with Crippen LogP contribution in [0.4, 0.5) is 17.6 Å². The van der Waals surface area contributed by atoms with Gasteiger partial charge >= 0.3 is 6.18 Å². The number of alkyl halides is 3. The average Bonchev–Trinajstić information content (AvgIpc) is 2.40. The van der Waals surface area contributed by atoms with Crippen LogP contribution < -0.4 is 10.5 Å². The molecule has 2 N–H and O–H groups in total. The van der Waals surface area contributed by atoms with E-state index in [0.717, 1.165) is 6.07 Å². The summed E-state index contributed by atoms with van der Waals surface area (Å²) >= 11 is 4.77. The zero-order chi connectivity index (χ0) is 15.6. The fourth-order valence-electron chi connectivity index (χ4n) is 1.52. The first-order chi connectivity index (χ1) is 9.77. The monoisotopic (exact) mass is 316 g/mol. The third kappa shape index (κ3) is 3.66. The third-order valence-corrected chi connectivity index (χ3v) is 2.72. The van der Waals surface area contributed by atoms with Crippen LogP contribution in [-0.4, -0.2) is 9.97 Å². The topological polar surface area (TPSA) is 48.1 Å². The number of nitrogens with zero attached hydrogens (tertiary/aromatic N) is 1. The predicted octanol–water partition coefficient (Wildman–Crippen LogP) is 3.67. The first kappa shape index (κ1) is 15.2. The number of ether oxygens (including phenoxy) is 1. The molecule has 0 atom stereocenters. The molecule has 0 spiro atoms. The molecule has 0 saturated heterocycles. The van der Waals surface area contributed by atoms with Crippen molar-refractivity contribution in [1.29, 1.82) is 0 Å². The van der Waals surface area contributed by atoms with Crippen molar-refractivity contribution >= 4 is 17.2 Å². The molecular weight excluding hydrogens is 308 g/mol. The lowest BCUT2D eigenvalue weighted by molar-refractivity contribution is -0.140. The van der Waals surface area contributed by atoms with Crippen molar-refractivity contribution in [3.63, 3.8) is 0 Å². The highest BCUT2D eigenvalue weighted by molar-refractivity contribution is 7.80. The molecule has 0 unspecified atom stereocenters. The normalized spacial score (nSPS) is 11.2. The molecule has 0 fully saturated rings. The Hall–Kier alpha value is -2.22. The quantitative estimate of drug-likeness (QED) is 0.693. The Balaban J connectivity index is 2.32. The molecular formula is C13H8F4N2OS. The van der Waals surface area contributed by atoms with Gasteiger partial charge in [0.05, 0.1) is 5.56 Å². The molecule has 21 heavy (non-hydrogen) atoms. The molecule has 3 nitrogen and oxygen atoms in total. The van der Waals surface area contributed by atoms with Crippen LogP contribution in [0, 0.1) is 5.82 Å². The summed E-state index contributed by atoms with van der Waals surface area (Å²) in [6.45, 7) is 0. The Morgan fingerprint density at radius 3 is 2.52 bits per heavy atom. The number of thiocarbonyl (C=S) groups is 1. The summed E-state index contributed by atoms with van der Waals surface area (Å²) in [5.74, 6) is -1.57. The lowest BCUT2D eigenvalue weighted by Crippen LogP contribution is -2.09. The molecule has 0 aliphatic rings. The van der Waals surface area contributed by atoms with Crippen LogP contribution in [0.1, 0.15) is 11.1 Å². The highest BCUT2D eigenvalue weighted by Crippen LogP contribution is 2.34. The number of hydrogen-bond acceptors (Lipinski definition) is 3. The number of halogens is 4. The van der Waals surface area contributed by atoms with Gasteiger partial charge in [0.15, 0.2) is 0 Å². The second-order valence-electron chi connectivity index (χ2n) is 3.99. The number of benzene rings is 1. The number of pyridine rings is 1. The highest BCUT2D eigenvalue weighted by Gasteiger charge is 2.34. The smallest absolute Gasteiger partial charge is 0.419 e. The Morgan fingerprint density at radius 2 is 1.90 bits per heavy atom. The largest absolute Gasteiger partial charge is 0.439 e. The number of rotatable bonds is 3. The second kappa shape index (κ2) is 5.65. The Kier molecular flexibility index (Phi) is 4.08. The molecule has 0 bridgehead atoms. The summed E-state index contributed by atoms with van der Waals surface area (Å²) in [5, 5.41) is 0. The zero-order valence-electron chi connectivity index (χ0n) is 10.3. The Bertz CT molecular complexity index is 688. The van der Waals surface area contributed by atoms with Crippen LogP contribution in [-0.2, 0) is 6.18 Å². The van der Waals surface area contributed by atoms with Crippen molar-refractivity contribution in [3.8, 4) is 11.6 Å². The van der Waals surface area contributed by atoms with Crippen LogP contribution >= 0.6 is 12.2 Å². The van der Waals surface area contributed by atoms with Gasteiger partial charge in [-0.15, -0.1) is 0 Å². The van der Waals surface area contributed by atoms with Crippen LogP contribution in [0.2, 0.25) is 0 Å². The standard InChI is InChI=1S/C13H8F4N2OS/c14-10-2-1-8(6-9(10)13(15,16)17)20-11-5-7(12(18)21)3-4-19-11/h1-6H,(H2,18,21). The predicted molar refractivity (Wildman–Crippen MR) is 71.6 cm³/mol. The van der Waals surface area contributed by atoms with Crippen LogP contribution in [0.5, 0.6) is 11.6 Å². The lowest BCUT2D eigenvalue weighted by Gasteiger charge is -2.11. The van der Waals surface area contributed by atoms with Gasteiger partial charge in [-0.1, -0.05) is 12.2 Å². The zero-order valence-corrected chi connectivity index (χ0v) is 11.1. The maximum atomic E-state index is 13.1. The van der Waals surface area contributed by atoms with Gasteiger partial charge in [0, 0.05) is 17.8 Å². The first-order valence-corrected chi connectivity index (χ1v) is 5.98. The van der Waals surface area contributed by atoms with Gasteiger partial charge in [0.2, 0.25) is 5.88 Å². The average molecular weight is 316 g/mol. The number of aromatic nitrogens is 1. The minimum absolute atomic E-state index is 0.0000302. The highest BCUT2D eigenvalue weighted by atomic mass is 32.1. The van der Waals surface area contributed by atoms with E-state index in [-0.39, 0.29) is 16.6 Å². The van der Waals surface area contributed by atoms with E-state index < -0.39 is 17.6 Å². The molecule has 0 aliphatic carbocycles. The van der Waals surface area contributed by atoms with Crippen molar-refractivity contribution in [2.45, 2.75) is 6.18 Å². The molecule has 2 rings (SSSR count). The van der Waals surface area contributed by atoms with Crippen molar-refractivity contribution in [3.05, 3.63) is 53.5 Å². The molecule has 0 aliphatic heterocycles. The maximum Gasteiger partial charge on any atom is 0.419 e. The van der Waals surface area contributed by atoms with Crippen LogP contribution in [0.25, 0.3) is 0 Å². The molecule has 0 saturated carbocycles. The maximum absolute atomic E-state index is 13.1. The Labute approximate surface area is 122 Å². The summed E-state index contributed by atoms with van der Waals surface area (Å²) in [4.78, 5) is 3.91.